The number of hydrogen-bond donors (Lipinski definition) is 1. The molecular formula is C22H24Cl3N7O2. The van der Waals surface area contributed by atoms with Crippen LogP contribution in [0.3, 0.4) is 0 Å². The van der Waals surface area contributed by atoms with E-state index in [0.717, 1.165) is 69.3 Å². The summed E-state index contributed by atoms with van der Waals surface area (Å²) in [6, 6.07) is 3.26. The highest BCUT2D eigenvalue weighted by Crippen LogP contribution is 2.28. The molecule has 180 valence electrons. The number of ether oxygens (including phenoxy) is 2. The largest absolute Gasteiger partial charge is 0.381 e. The monoisotopic (exact) mass is 523 g/mol. The molecule has 9 nitrogen and oxygen atoms in total. The third kappa shape index (κ3) is 6.93. The molecular weight excluding hydrogens is 501 g/mol. The molecule has 3 aromatic rings. The molecule has 2 saturated heterocycles. The van der Waals surface area contributed by atoms with Crippen LogP contribution in [0.1, 0.15) is 49.2 Å². The second-order valence-corrected chi connectivity index (χ2v) is 9.07. The van der Waals surface area contributed by atoms with E-state index in [1.807, 2.05) is 0 Å². The normalized spacial score (nSPS) is 17.1. The van der Waals surface area contributed by atoms with Gasteiger partial charge < -0.3 is 15.2 Å². The summed E-state index contributed by atoms with van der Waals surface area (Å²) in [5, 5.41) is 1.24. The van der Waals surface area contributed by atoms with Crippen LogP contribution in [0.2, 0.25) is 15.5 Å². The molecule has 0 aliphatic carbocycles. The summed E-state index contributed by atoms with van der Waals surface area (Å²) in [6.45, 7) is 3.00. The van der Waals surface area contributed by atoms with Gasteiger partial charge in [-0.1, -0.05) is 34.8 Å². The Balaban J connectivity index is 0.000000172. The van der Waals surface area contributed by atoms with Gasteiger partial charge in [0.25, 0.3) is 0 Å². The molecule has 34 heavy (non-hydrogen) atoms. The predicted molar refractivity (Wildman–Crippen MR) is 130 cm³/mol. The Hall–Kier alpha value is -2.17. The van der Waals surface area contributed by atoms with E-state index in [1.54, 1.807) is 24.5 Å². The van der Waals surface area contributed by atoms with Crippen LogP contribution in [0.15, 0.2) is 24.5 Å². The minimum atomic E-state index is 0.235. The zero-order valence-electron chi connectivity index (χ0n) is 18.3. The molecule has 12 heteroatoms. The third-order valence-corrected chi connectivity index (χ3v) is 6.11. The Bertz CT molecular complexity index is 1070. The predicted octanol–water partition coefficient (Wildman–Crippen LogP) is 4.74. The van der Waals surface area contributed by atoms with Crippen LogP contribution >= 0.6 is 34.8 Å². The lowest BCUT2D eigenvalue weighted by Gasteiger charge is -2.21. The Labute approximate surface area is 212 Å². The quantitative estimate of drug-likeness (QED) is 0.484. The van der Waals surface area contributed by atoms with E-state index in [1.165, 1.54) is 0 Å². The second-order valence-electron chi connectivity index (χ2n) is 7.91. The Kier molecular flexibility index (Phi) is 8.80. The van der Waals surface area contributed by atoms with E-state index in [9.17, 15) is 0 Å². The molecule has 2 N–H and O–H groups in total. The first kappa shape index (κ1) is 24.9. The fraction of sp³-hybridized carbons (Fsp3) is 0.455. The van der Waals surface area contributed by atoms with Crippen LogP contribution in [-0.4, -0.2) is 56.3 Å². The summed E-state index contributed by atoms with van der Waals surface area (Å²) < 4.78 is 10.6. The number of halogens is 3. The molecule has 0 bridgehead atoms. The van der Waals surface area contributed by atoms with Gasteiger partial charge in [-0.3, -0.25) is 0 Å². The van der Waals surface area contributed by atoms with E-state index in [2.05, 4.69) is 29.9 Å². The fourth-order valence-corrected chi connectivity index (χ4v) is 4.36. The maximum absolute atomic E-state index is 6.10. The van der Waals surface area contributed by atoms with Gasteiger partial charge in [-0.15, -0.1) is 0 Å². The number of nitrogens with zero attached hydrogens (tertiary/aromatic N) is 6. The van der Waals surface area contributed by atoms with Crippen LogP contribution in [-0.2, 0) is 9.47 Å². The number of aromatic nitrogens is 6. The molecule has 0 amide bonds. The maximum Gasteiger partial charge on any atom is 0.219 e. The van der Waals surface area contributed by atoms with E-state index >= 15 is 0 Å². The summed E-state index contributed by atoms with van der Waals surface area (Å²) in [4.78, 5) is 25.2. The van der Waals surface area contributed by atoms with E-state index in [-0.39, 0.29) is 11.9 Å². The number of nitrogens with two attached hydrogens (primary N) is 1. The van der Waals surface area contributed by atoms with Crippen molar-refractivity contribution in [1.29, 1.82) is 0 Å². The first-order valence-corrected chi connectivity index (χ1v) is 12.1. The van der Waals surface area contributed by atoms with Crippen LogP contribution in [0.4, 0.5) is 5.95 Å². The van der Waals surface area contributed by atoms with Crippen molar-refractivity contribution in [3.63, 3.8) is 0 Å². The van der Waals surface area contributed by atoms with Crippen LogP contribution in [0.25, 0.3) is 11.3 Å². The highest BCUT2D eigenvalue weighted by atomic mass is 35.5. The fourth-order valence-electron chi connectivity index (χ4n) is 3.74. The van der Waals surface area contributed by atoms with Crippen molar-refractivity contribution in [1.82, 2.24) is 29.9 Å². The van der Waals surface area contributed by atoms with E-state index in [0.29, 0.717) is 27.1 Å². The van der Waals surface area contributed by atoms with Crippen molar-refractivity contribution in [3.05, 3.63) is 51.6 Å². The van der Waals surface area contributed by atoms with Crippen molar-refractivity contribution in [2.24, 2.45) is 0 Å². The van der Waals surface area contributed by atoms with Crippen molar-refractivity contribution in [2.45, 2.75) is 37.5 Å². The molecule has 0 radical (unpaired) electrons. The van der Waals surface area contributed by atoms with Crippen molar-refractivity contribution < 1.29 is 9.47 Å². The van der Waals surface area contributed by atoms with Gasteiger partial charge in [0.1, 0.15) is 27.1 Å². The van der Waals surface area contributed by atoms with Gasteiger partial charge in [-0.2, -0.15) is 0 Å². The minimum Gasteiger partial charge on any atom is -0.381 e. The summed E-state index contributed by atoms with van der Waals surface area (Å²) in [7, 11) is 0. The van der Waals surface area contributed by atoms with Gasteiger partial charge in [-0.25, -0.2) is 29.9 Å². The van der Waals surface area contributed by atoms with Gasteiger partial charge in [-0.05, 0) is 25.7 Å². The number of nitrogen functional groups attached to an aromatic ring is 1. The van der Waals surface area contributed by atoms with Crippen LogP contribution in [0, 0.1) is 0 Å². The Morgan fingerprint density at radius 1 is 0.676 bits per heavy atom. The van der Waals surface area contributed by atoms with Gasteiger partial charge in [0.05, 0.1) is 5.69 Å². The van der Waals surface area contributed by atoms with Crippen molar-refractivity contribution >= 4 is 40.8 Å². The molecule has 2 aliphatic heterocycles. The first-order chi connectivity index (χ1) is 16.5. The molecule has 5 rings (SSSR count). The van der Waals surface area contributed by atoms with E-state index < -0.39 is 0 Å². The molecule has 0 unspecified atom stereocenters. The van der Waals surface area contributed by atoms with Gasteiger partial charge in [0, 0.05) is 68.4 Å². The average Bonchev–Trinajstić information content (AvgIpc) is 2.85. The molecule has 2 aliphatic rings. The highest BCUT2D eigenvalue weighted by molar-refractivity contribution is 6.33. The molecule has 2 fully saturated rings. The summed E-state index contributed by atoms with van der Waals surface area (Å²) in [5.41, 5.74) is 6.98. The second kappa shape index (κ2) is 12.0. The Morgan fingerprint density at radius 2 is 1.12 bits per heavy atom. The van der Waals surface area contributed by atoms with Gasteiger partial charge >= 0.3 is 0 Å². The highest BCUT2D eigenvalue weighted by Gasteiger charge is 2.21. The topological polar surface area (TPSA) is 122 Å². The SMILES string of the molecule is Clc1cc(Cl)nc(C2CCOCC2)n1.Nc1ncc(-c2cc(Cl)nc(C3CCOCC3)n2)cn1. The lowest BCUT2D eigenvalue weighted by molar-refractivity contribution is 0.0835. The van der Waals surface area contributed by atoms with Crippen LogP contribution in [0.5, 0.6) is 0 Å². The van der Waals surface area contributed by atoms with Gasteiger partial charge in [0.15, 0.2) is 0 Å². The first-order valence-electron chi connectivity index (χ1n) is 11.0. The lowest BCUT2D eigenvalue weighted by Crippen LogP contribution is -2.16. The molecule has 0 saturated carbocycles. The number of anilines is 1. The number of rotatable bonds is 3. The minimum absolute atomic E-state index is 0.235. The molecule has 5 heterocycles. The lowest BCUT2D eigenvalue weighted by atomic mass is 9.99. The average molecular weight is 525 g/mol. The molecule has 0 atom stereocenters. The molecule has 3 aromatic heterocycles. The van der Waals surface area contributed by atoms with Crippen molar-refractivity contribution in [2.75, 3.05) is 32.2 Å². The van der Waals surface area contributed by atoms with Gasteiger partial charge in [0.2, 0.25) is 5.95 Å². The standard InChI is InChI=1S/C13H14ClN5O.C9H10Cl2N2O/c14-11-5-10(9-6-16-13(15)17-7-9)18-12(19-11)8-1-3-20-4-2-8;10-7-5-8(11)13-9(12-7)6-1-3-14-4-2-6/h5-8H,1-4H2,(H2,15,16,17);5-6H,1-4H2. The Morgan fingerprint density at radius 3 is 1.62 bits per heavy atom. The molecule has 0 spiro atoms. The summed E-state index contributed by atoms with van der Waals surface area (Å²) in [5.74, 6) is 2.35. The molecule has 0 aromatic carbocycles. The zero-order chi connectivity index (χ0) is 23.9. The summed E-state index contributed by atoms with van der Waals surface area (Å²) >= 11 is 17.7. The van der Waals surface area contributed by atoms with E-state index in [4.69, 9.17) is 50.0 Å². The van der Waals surface area contributed by atoms with Crippen LogP contribution < -0.4 is 5.73 Å². The smallest absolute Gasteiger partial charge is 0.219 e. The summed E-state index contributed by atoms with van der Waals surface area (Å²) in [6.07, 6.45) is 6.98. The maximum atomic E-state index is 6.10. The number of hydrogen-bond acceptors (Lipinski definition) is 9. The zero-order valence-corrected chi connectivity index (χ0v) is 20.6. The van der Waals surface area contributed by atoms with Crippen molar-refractivity contribution in [3.8, 4) is 11.3 Å². The third-order valence-electron chi connectivity index (χ3n) is 5.53.